The fourth-order valence-corrected chi connectivity index (χ4v) is 4.86. The van der Waals surface area contributed by atoms with Crippen molar-refractivity contribution < 1.29 is 23.9 Å². The van der Waals surface area contributed by atoms with Crippen molar-refractivity contribution in [3.8, 4) is 5.75 Å². The van der Waals surface area contributed by atoms with Crippen molar-refractivity contribution in [2.45, 2.75) is 103 Å². The maximum atomic E-state index is 13.0. The van der Waals surface area contributed by atoms with E-state index in [1.807, 2.05) is 42.5 Å². The summed E-state index contributed by atoms with van der Waals surface area (Å²) in [7, 11) is 0. The zero-order valence-corrected chi connectivity index (χ0v) is 27.7. The molecule has 2 rings (SSSR count). The monoisotopic (exact) mass is 637 g/mol. The van der Waals surface area contributed by atoms with Crippen molar-refractivity contribution in [3.63, 3.8) is 0 Å². The summed E-state index contributed by atoms with van der Waals surface area (Å²) in [6, 6.07) is 17.0. The van der Waals surface area contributed by atoms with Crippen LogP contribution in [0, 0.1) is 0 Å². The van der Waals surface area contributed by atoms with E-state index in [0.717, 1.165) is 24.9 Å². The Morgan fingerprint density at radius 2 is 1.35 bits per heavy atom. The quantitative estimate of drug-likeness (QED) is 0.0774. The lowest BCUT2D eigenvalue weighted by molar-refractivity contribution is -0.132. The maximum absolute atomic E-state index is 13.0. The van der Waals surface area contributed by atoms with Crippen molar-refractivity contribution in [2.75, 3.05) is 31.7 Å². The predicted molar refractivity (Wildman–Crippen MR) is 183 cm³/mol. The van der Waals surface area contributed by atoms with Crippen LogP contribution >= 0.6 is 0 Å². The molecular formula is C36H55N5O5. The van der Waals surface area contributed by atoms with Crippen molar-refractivity contribution in [3.05, 3.63) is 60.2 Å². The highest BCUT2D eigenvalue weighted by atomic mass is 16.5. The lowest BCUT2D eigenvalue weighted by atomic mass is 10.1. The van der Waals surface area contributed by atoms with E-state index < -0.39 is 11.8 Å². The van der Waals surface area contributed by atoms with Gasteiger partial charge >= 0.3 is 0 Å². The van der Waals surface area contributed by atoms with Gasteiger partial charge in [0.05, 0.1) is 18.8 Å². The normalized spacial score (nSPS) is 10.6. The highest BCUT2D eigenvalue weighted by Gasteiger charge is 2.16. The summed E-state index contributed by atoms with van der Waals surface area (Å²) < 4.78 is 5.82. The zero-order chi connectivity index (χ0) is 33.2. The standard InChI is InChI=1S/C36H55N5O5/c1-2-3-4-5-6-7-8-9-10-14-26-38-34(43)18-15-28-46-32-21-19-31(20-22-32)40-41(27-25-30-16-12-11-13-17-30)36(45)29-39-35(44)24-23-33(37)42/h11-13,16-17,19-22,40H,2-10,14-15,18,23-29H2,1H3,(H2,37,42)(H,38,43)(H,39,44). The highest BCUT2D eigenvalue weighted by Crippen LogP contribution is 2.17. The van der Waals surface area contributed by atoms with Gasteiger partial charge in [0.15, 0.2) is 0 Å². The minimum atomic E-state index is -0.569. The summed E-state index contributed by atoms with van der Waals surface area (Å²) in [5, 5.41) is 7.03. The largest absolute Gasteiger partial charge is 0.494 e. The number of unbranched alkanes of at least 4 members (excludes halogenated alkanes) is 9. The Hall–Kier alpha value is -4.08. The van der Waals surface area contributed by atoms with Crippen LogP contribution in [-0.4, -0.2) is 54.9 Å². The van der Waals surface area contributed by atoms with Gasteiger partial charge in [0.1, 0.15) is 5.75 Å². The first-order valence-electron chi connectivity index (χ1n) is 17.0. The topological polar surface area (TPSA) is 143 Å². The molecule has 0 unspecified atom stereocenters. The first-order valence-corrected chi connectivity index (χ1v) is 17.0. The Bertz CT molecular complexity index is 1140. The van der Waals surface area contributed by atoms with Crippen LogP contribution in [0.1, 0.15) is 102 Å². The molecule has 0 aliphatic heterocycles. The maximum Gasteiger partial charge on any atom is 0.260 e. The van der Waals surface area contributed by atoms with E-state index in [1.165, 1.54) is 56.4 Å². The molecule has 0 aliphatic carbocycles. The third-order valence-electron chi connectivity index (χ3n) is 7.59. The second-order valence-corrected chi connectivity index (χ2v) is 11.6. The second-order valence-electron chi connectivity index (χ2n) is 11.6. The Morgan fingerprint density at radius 1 is 0.717 bits per heavy atom. The van der Waals surface area contributed by atoms with E-state index in [-0.39, 0.29) is 31.2 Å². The van der Waals surface area contributed by atoms with Gasteiger partial charge in [0, 0.05) is 32.4 Å². The van der Waals surface area contributed by atoms with Gasteiger partial charge in [-0.3, -0.25) is 29.6 Å². The van der Waals surface area contributed by atoms with Crippen LogP contribution in [0.2, 0.25) is 0 Å². The Morgan fingerprint density at radius 3 is 2.00 bits per heavy atom. The Kier molecular flexibility index (Phi) is 20.0. The molecule has 10 heteroatoms. The first kappa shape index (κ1) is 38.1. The second kappa shape index (κ2) is 24.2. The molecule has 0 spiro atoms. The molecule has 5 N–H and O–H groups in total. The van der Waals surface area contributed by atoms with E-state index >= 15 is 0 Å². The third kappa shape index (κ3) is 18.7. The molecule has 0 radical (unpaired) electrons. The molecule has 254 valence electrons. The van der Waals surface area contributed by atoms with Crippen LogP contribution < -0.4 is 26.5 Å². The molecule has 0 saturated carbocycles. The van der Waals surface area contributed by atoms with E-state index in [9.17, 15) is 19.2 Å². The number of hydrogen-bond acceptors (Lipinski definition) is 6. The van der Waals surface area contributed by atoms with Gasteiger partial charge in [-0.25, -0.2) is 0 Å². The summed E-state index contributed by atoms with van der Waals surface area (Å²) in [5.74, 6) is -0.581. The van der Waals surface area contributed by atoms with Crippen LogP contribution in [0.3, 0.4) is 0 Å². The number of nitrogens with one attached hydrogen (secondary N) is 3. The van der Waals surface area contributed by atoms with Crippen molar-refractivity contribution in [2.24, 2.45) is 5.73 Å². The van der Waals surface area contributed by atoms with E-state index in [4.69, 9.17) is 10.5 Å². The van der Waals surface area contributed by atoms with Gasteiger partial charge in [-0.05, 0) is 49.1 Å². The molecule has 2 aromatic carbocycles. The van der Waals surface area contributed by atoms with Crippen LogP contribution in [0.4, 0.5) is 5.69 Å². The number of rotatable bonds is 26. The molecule has 0 aliphatic rings. The van der Waals surface area contributed by atoms with Gasteiger partial charge in [-0.1, -0.05) is 95.0 Å². The summed E-state index contributed by atoms with van der Waals surface area (Å²) in [5.41, 5.74) is 9.98. The number of nitrogens with two attached hydrogens (primary N) is 1. The fraction of sp³-hybridized carbons (Fsp3) is 0.556. The molecular weight excluding hydrogens is 582 g/mol. The summed E-state index contributed by atoms with van der Waals surface area (Å²) in [6.07, 6.45) is 14.3. The molecule has 0 atom stereocenters. The minimum absolute atomic E-state index is 0.0587. The molecule has 46 heavy (non-hydrogen) atoms. The Balaban J connectivity index is 1.67. The van der Waals surface area contributed by atoms with Gasteiger partial charge in [0.2, 0.25) is 17.7 Å². The number of carbonyl (C=O) groups excluding carboxylic acids is 4. The smallest absolute Gasteiger partial charge is 0.260 e. The van der Waals surface area contributed by atoms with Gasteiger partial charge < -0.3 is 21.1 Å². The number of hydrogen-bond donors (Lipinski definition) is 4. The lowest BCUT2D eigenvalue weighted by Crippen LogP contribution is -2.44. The molecule has 0 bridgehead atoms. The first-order chi connectivity index (χ1) is 22.4. The minimum Gasteiger partial charge on any atom is -0.494 e. The summed E-state index contributed by atoms with van der Waals surface area (Å²) in [4.78, 5) is 48.0. The summed E-state index contributed by atoms with van der Waals surface area (Å²) in [6.45, 7) is 3.56. The van der Waals surface area contributed by atoms with Crippen LogP contribution in [0.25, 0.3) is 0 Å². The summed E-state index contributed by atoms with van der Waals surface area (Å²) >= 11 is 0. The number of benzene rings is 2. The number of hydrazine groups is 1. The number of anilines is 1. The van der Waals surface area contributed by atoms with Crippen molar-refractivity contribution >= 4 is 29.3 Å². The Labute approximate surface area is 275 Å². The van der Waals surface area contributed by atoms with Crippen LogP contribution in [0.15, 0.2) is 54.6 Å². The van der Waals surface area contributed by atoms with Gasteiger partial charge in [0.25, 0.3) is 5.91 Å². The number of nitrogens with zero attached hydrogens (tertiary/aromatic N) is 1. The van der Waals surface area contributed by atoms with Gasteiger partial charge in [-0.2, -0.15) is 0 Å². The van der Waals surface area contributed by atoms with E-state index in [2.05, 4.69) is 23.0 Å². The molecule has 2 aromatic rings. The molecule has 0 saturated heterocycles. The average molecular weight is 638 g/mol. The van der Waals surface area contributed by atoms with Crippen molar-refractivity contribution in [1.82, 2.24) is 15.6 Å². The molecule has 0 fully saturated rings. The predicted octanol–water partition coefficient (Wildman–Crippen LogP) is 5.66. The molecule has 10 nitrogen and oxygen atoms in total. The number of ether oxygens (including phenoxy) is 1. The SMILES string of the molecule is CCCCCCCCCCCCNC(=O)CCCOc1ccc(NN(CCc2ccccc2)C(=O)CNC(=O)CCC(N)=O)cc1. The number of carbonyl (C=O) groups is 4. The lowest BCUT2D eigenvalue weighted by Gasteiger charge is -2.25. The van der Waals surface area contributed by atoms with Gasteiger partial charge in [-0.15, -0.1) is 0 Å². The molecule has 0 aromatic heterocycles. The molecule has 4 amide bonds. The number of primary amides is 1. The van der Waals surface area contributed by atoms with E-state index in [0.29, 0.717) is 43.9 Å². The highest BCUT2D eigenvalue weighted by molar-refractivity contribution is 5.87. The zero-order valence-electron chi connectivity index (χ0n) is 27.7. The van der Waals surface area contributed by atoms with Crippen LogP contribution in [0.5, 0.6) is 5.75 Å². The van der Waals surface area contributed by atoms with Crippen molar-refractivity contribution in [1.29, 1.82) is 0 Å². The number of amides is 4. The van der Waals surface area contributed by atoms with E-state index in [1.54, 1.807) is 12.1 Å². The molecule has 0 heterocycles. The fourth-order valence-electron chi connectivity index (χ4n) is 4.86. The average Bonchev–Trinajstić information content (AvgIpc) is 3.06. The third-order valence-corrected chi connectivity index (χ3v) is 7.59. The van der Waals surface area contributed by atoms with Crippen LogP contribution in [-0.2, 0) is 25.6 Å².